The Bertz CT molecular complexity index is 1320. The highest BCUT2D eigenvalue weighted by Gasteiger charge is 2.30. The van der Waals surface area contributed by atoms with Crippen molar-refractivity contribution in [3.8, 4) is 17.0 Å². The Balaban J connectivity index is 1.43. The first-order valence-corrected chi connectivity index (χ1v) is 11.7. The average Bonchev–Trinajstić information content (AvgIpc) is 3.50. The number of ether oxygens (including phenoxy) is 1. The van der Waals surface area contributed by atoms with Crippen molar-refractivity contribution in [2.24, 2.45) is 0 Å². The van der Waals surface area contributed by atoms with E-state index < -0.39 is 17.6 Å². The van der Waals surface area contributed by atoms with E-state index in [-0.39, 0.29) is 11.7 Å². The number of nitrogens with one attached hydrogen (secondary N) is 2. The van der Waals surface area contributed by atoms with Gasteiger partial charge in [-0.1, -0.05) is 0 Å². The van der Waals surface area contributed by atoms with Gasteiger partial charge in [0.25, 0.3) is 11.8 Å². The Kier molecular flexibility index (Phi) is 6.09. The second-order valence-electron chi connectivity index (χ2n) is 8.89. The van der Waals surface area contributed by atoms with Crippen molar-refractivity contribution in [2.75, 3.05) is 30.4 Å². The molecule has 3 aromatic rings. The number of fused-ring (bicyclic) bond motifs is 1. The molecule has 2 amide bonds. The summed E-state index contributed by atoms with van der Waals surface area (Å²) in [7, 11) is 1.73. The Labute approximate surface area is 210 Å². The molecule has 11 heteroatoms. The maximum absolute atomic E-state index is 13.0. The topological polar surface area (TPSA) is 97.9 Å². The standard InChI is InChI=1S/C25H23ClF2N4O4/c1-31-12-15-11-20(30-22(15)24(31)35)19-10-14(2-7-21(19)32-9-8-17(33)13-32)23(34)29-16-3-5-18(6-4-16)36-25(26,27)28/h2-7,10-11,17,30,33H,8-9,12-13H2,1H3,(H,29,34). The van der Waals surface area contributed by atoms with Crippen molar-refractivity contribution in [2.45, 2.75) is 24.6 Å². The molecule has 2 aromatic carbocycles. The van der Waals surface area contributed by atoms with Gasteiger partial charge in [0.1, 0.15) is 11.4 Å². The zero-order valence-electron chi connectivity index (χ0n) is 19.2. The van der Waals surface area contributed by atoms with Crippen LogP contribution in [0.4, 0.5) is 20.2 Å². The molecule has 0 aliphatic carbocycles. The summed E-state index contributed by atoms with van der Waals surface area (Å²) in [6.45, 7) is 1.63. The van der Waals surface area contributed by atoms with Crippen LogP contribution in [0.15, 0.2) is 48.5 Å². The lowest BCUT2D eigenvalue weighted by Gasteiger charge is -2.22. The van der Waals surface area contributed by atoms with Crippen molar-refractivity contribution in [1.29, 1.82) is 0 Å². The van der Waals surface area contributed by atoms with Crippen LogP contribution in [0, 0.1) is 0 Å². The Hall–Kier alpha value is -3.63. The van der Waals surface area contributed by atoms with Gasteiger partial charge in [-0.05, 0) is 55.0 Å². The zero-order chi connectivity index (χ0) is 25.6. The Morgan fingerprint density at radius 3 is 2.61 bits per heavy atom. The number of alkyl halides is 3. The molecule has 2 aliphatic rings. The predicted molar refractivity (Wildman–Crippen MR) is 131 cm³/mol. The summed E-state index contributed by atoms with van der Waals surface area (Å²) in [5, 5.41) is 12.8. The van der Waals surface area contributed by atoms with Crippen molar-refractivity contribution < 1.29 is 28.2 Å². The van der Waals surface area contributed by atoms with Crippen LogP contribution in [0.2, 0.25) is 0 Å². The van der Waals surface area contributed by atoms with E-state index in [4.69, 9.17) is 11.6 Å². The first-order valence-electron chi connectivity index (χ1n) is 11.3. The number of H-pyrrole nitrogens is 1. The number of aromatic nitrogens is 1. The molecule has 3 N–H and O–H groups in total. The van der Waals surface area contributed by atoms with Crippen LogP contribution in [-0.4, -0.2) is 58.6 Å². The SMILES string of the molecule is CN1Cc2cc(-c3cc(C(=O)Nc4ccc(OC(F)(F)Cl)cc4)ccc3N3CCC(O)C3)[nH]c2C1=O. The first-order chi connectivity index (χ1) is 17.1. The fourth-order valence-corrected chi connectivity index (χ4v) is 4.64. The molecule has 2 aliphatic heterocycles. The number of amides is 2. The number of carbonyl (C=O) groups excluding carboxylic acids is 2. The van der Waals surface area contributed by atoms with Gasteiger partial charge in [-0.2, -0.15) is 0 Å². The molecule has 8 nitrogen and oxygen atoms in total. The third-order valence-electron chi connectivity index (χ3n) is 6.27. The summed E-state index contributed by atoms with van der Waals surface area (Å²) >= 11 is 4.78. The van der Waals surface area contributed by atoms with E-state index in [1.54, 1.807) is 24.1 Å². The number of hydrogen-bond acceptors (Lipinski definition) is 5. The molecule has 1 atom stereocenters. The number of nitrogens with zero attached hydrogens (tertiary/aromatic N) is 2. The van der Waals surface area contributed by atoms with Crippen LogP contribution < -0.4 is 15.0 Å². The molecule has 0 radical (unpaired) electrons. The number of aliphatic hydroxyl groups is 1. The number of β-amino-alcohol motifs (C(OH)–C–C–N with tert-alkyl or cyclic N) is 1. The van der Waals surface area contributed by atoms with E-state index in [0.717, 1.165) is 16.8 Å². The van der Waals surface area contributed by atoms with Gasteiger partial charge in [0.15, 0.2) is 0 Å². The molecule has 1 fully saturated rings. The lowest BCUT2D eigenvalue weighted by Crippen LogP contribution is -2.22. The summed E-state index contributed by atoms with van der Waals surface area (Å²) in [4.78, 5) is 32.3. The summed E-state index contributed by atoms with van der Waals surface area (Å²) in [5.41, 5.74) is 0.597. The zero-order valence-corrected chi connectivity index (χ0v) is 20.0. The number of hydrogen-bond donors (Lipinski definition) is 3. The van der Waals surface area contributed by atoms with Crippen LogP contribution >= 0.6 is 11.6 Å². The molecule has 36 heavy (non-hydrogen) atoms. The molecule has 3 heterocycles. The number of halogens is 3. The third-order valence-corrected chi connectivity index (χ3v) is 6.34. The summed E-state index contributed by atoms with van der Waals surface area (Å²) in [5.74, 6) is -0.648. The van der Waals surface area contributed by atoms with Gasteiger partial charge in [-0.3, -0.25) is 9.59 Å². The average molecular weight is 517 g/mol. The smallest absolute Gasteiger partial charge is 0.420 e. The van der Waals surface area contributed by atoms with Crippen molar-refractivity contribution >= 4 is 34.8 Å². The molecule has 0 bridgehead atoms. The van der Waals surface area contributed by atoms with Crippen LogP contribution in [0.3, 0.4) is 0 Å². The monoisotopic (exact) mass is 516 g/mol. The van der Waals surface area contributed by atoms with E-state index in [1.165, 1.54) is 24.3 Å². The quantitative estimate of drug-likeness (QED) is 0.425. The Morgan fingerprint density at radius 2 is 1.97 bits per heavy atom. The molecule has 5 rings (SSSR count). The van der Waals surface area contributed by atoms with Crippen LogP contribution in [0.25, 0.3) is 11.3 Å². The largest absolute Gasteiger partial charge is 0.487 e. The minimum Gasteiger partial charge on any atom is -0.420 e. The van der Waals surface area contributed by atoms with E-state index in [2.05, 4.69) is 15.0 Å². The van der Waals surface area contributed by atoms with E-state index in [9.17, 15) is 23.5 Å². The van der Waals surface area contributed by atoms with Gasteiger partial charge in [0.2, 0.25) is 0 Å². The van der Waals surface area contributed by atoms with E-state index in [1.807, 2.05) is 17.0 Å². The maximum atomic E-state index is 13.0. The number of anilines is 2. The van der Waals surface area contributed by atoms with Gasteiger partial charge >= 0.3 is 5.57 Å². The fraction of sp³-hybridized carbons (Fsp3) is 0.280. The minimum absolute atomic E-state index is 0.0948. The van der Waals surface area contributed by atoms with Crippen molar-refractivity contribution in [3.05, 3.63) is 65.4 Å². The molecular formula is C25H23ClF2N4O4. The number of carbonyl (C=O) groups is 2. The lowest BCUT2D eigenvalue weighted by molar-refractivity contribution is -0.0964. The molecule has 1 aromatic heterocycles. The van der Waals surface area contributed by atoms with Gasteiger partial charge in [-0.15, -0.1) is 8.78 Å². The Morgan fingerprint density at radius 1 is 1.22 bits per heavy atom. The predicted octanol–water partition coefficient (Wildman–Crippen LogP) is 4.26. The normalized spacial score (nSPS) is 17.5. The molecule has 188 valence electrons. The molecule has 0 spiro atoms. The third kappa shape index (κ3) is 4.87. The number of aromatic amines is 1. The lowest BCUT2D eigenvalue weighted by atomic mass is 10.0. The second kappa shape index (κ2) is 9.11. The van der Waals surface area contributed by atoms with Crippen molar-refractivity contribution in [3.63, 3.8) is 0 Å². The second-order valence-corrected chi connectivity index (χ2v) is 9.33. The molecule has 0 saturated carbocycles. The molecular weight excluding hydrogens is 494 g/mol. The highest BCUT2D eigenvalue weighted by Crippen LogP contribution is 2.36. The first kappa shape index (κ1) is 24.1. The summed E-state index contributed by atoms with van der Waals surface area (Å²) < 4.78 is 29.9. The fourth-order valence-electron chi connectivity index (χ4n) is 4.55. The van der Waals surface area contributed by atoms with Crippen LogP contribution in [0.5, 0.6) is 5.75 Å². The minimum atomic E-state index is -3.83. The summed E-state index contributed by atoms with van der Waals surface area (Å²) in [6, 6.07) is 12.5. The summed E-state index contributed by atoms with van der Waals surface area (Å²) in [6.07, 6.45) is 0.206. The van der Waals surface area contributed by atoms with Gasteiger partial charge in [0, 0.05) is 72.0 Å². The maximum Gasteiger partial charge on any atom is 0.487 e. The van der Waals surface area contributed by atoms with Crippen molar-refractivity contribution in [1.82, 2.24) is 9.88 Å². The van der Waals surface area contributed by atoms with E-state index in [0.29, 0.717) is 48.7 Å². The molecule has 1 saturated heterocycles. The number of rotatable bonds is 6. The van der Waals surface area contributed by atoms with Gasteiger partial charge in [-0.25, -0.2) is 0 Å². The number of aliphatic hydroxyl groups excluding tert-OH is 1. The highest BCUT2D eigenvalue weighted by atomic mass is 35.5. The highest BCUT2D eigenvalue weighted by molar-refractivity contribution is 6.20. The van der Waals surface area contributed by atoms with Gasteiger partial charge < -0.3 is 29.9 Å². The van der Waals surface area contributed by atoms with Gasteiger partial charge in [0.05, 0.1) is 6.10 Å². The molecule has 1 unspecified atom stereocenters. The van der Waals surface area contributed by atoms with E-state index >= 15 is 0 Å². The van der Waals surface area contributed by atoms with Crippen LogP contribution in [0.1, 0.15) is 32.8 Å². The van der Waals surface area contributed by atoms with Crippen LogP contribution in [-0.2, 0) is 6.54 Å². The number of benzene rings is 2.